The van der Waals surface area contributed by atoms with E-state index in [0.29, 0.717) is 17.7 Å². The monoisotopic (exact) mass is 290 g/mol. The number of ether oxygens (including phenoxy) is 1. The summed E-state index contributed by atoms with van der Waals surface area (Å²) < 4.78 is 5.10. The number of carbonyl (C=O) groups is 2. The van der Waals surface area contributed by atoms with Crippen molar-refractivity contribution in [2.45, 2.75) is 64.1 Å². The predicted molar refractivity (Wildman–Crippen MR) is 76.2 cm³/mol. The fourth-order valence-corrected chi connectivity index (χ4v) is 4.90. The van der Waals surface area contributed by atoms with Crippen molar-refractivity contribution >= 4 is 11.9 Å². The largest absolute Gasteiger partial charge is 0.456 e. The number of rotatable bonds is 1. The van der Waals surface area contributed by atoms with Crippen LogP contribution in [-0.4, -0.2) is 41.5 Å². The van der Waals surface area contributed by atoms with E-state index in [0.717, 1.165) is 25.0 Å². The molecule has 21 heavy (non-hydrogen) atoms. The molecule has 1 amide bonds. The fourth-order valence-electron chi connectivity index (χ4n) is 4.90. The Morgan fingerprint density at radius 3 is 2.43 bits per heavy atom. The Bertz CT molecular complexity index is 542. The molecule has 0 aromatic rings. The third-order valence-electron chi connectivity index (χ3n) is 5.78. The summed E-state index contributed by atoms with van der Waals surface area (Å²) in [6.45, 7) is 4.11. The molecule has 0 unspecified atom stereocenters. The van der Waals surface area contributed by atoms with Crippen LogP contribution in [0.25, 0.3) is 0 Å². The van der Waals surface area contributed by atoms with Gasteiger partial charge in [0.1, 0.15) is 6.61 Å². The molecular formula is C16H22N2O3. The molecule has 5 nitrogen and oxygen atoms in total. The molecular weight excluding hydrogens is 268 g/mol. The van der Waals surface area contributed by atoms with Gasteiger partial charge in [-0.15, -0.1) is 0 Å². The summed E-state index contributed by atoms with van der Waals surface area (Å²) in [4.78, 5) is 26.6. The summed E-state index contributed by atoms with van der Waals surface area (Å²) in [5.74, 6) is -0.0580. The lowest BCUT2D eigenvalue weighted by molar-refractivity contribution is -0.138. The lowest BCUT2D eigenvalue weighted by Gasteiger charge is -2.36. The Hall–Kier alpha value is -1.36. The molecule has 3 saturated heterocycles. The summed E-state index contributed by atoms with van der Waals surface area (Å²) in [7, 11) is 0. The highest BCUT2D eigenvalue weighted by Crippen LogP contribution is 2.50. The molecule has 4 aliphatic heterocycles. The molecule has 5 heteroatoms. The van der Waals surface area contributed by atoms with Crippen molar-refractivity contribution in [2.24, 2.45) is 5.41 Å². The van der Waals surface area contributed by atoms with Gasteiger partial charge < -0.3 is 15.0 Å². The van der Waals surface area contributed by atoms with E-state index in [1.165, 1.54) is 12.8 Å². The van der Waals surface area contributed by atoms with Gasteiger partial charge in [-0.1, -0.05) is 0 Å². The van der Waals surface area contributed by atoms with Crippen LogP contribution < -0.4 is 5.32 Å². The molecule has 4 heterocycles. The van der Waals surface area contributed by atoms with Crippen LogP contribution in [0.15, 0.2) is 11.3 Å². The molecule has 0 saturated carbocycles. The Labute approximate surface area is 124 Å². The number of nitrogens with zero attached hydrogens (tertiary/aromatic N) is 1. The van der Waals surface area contributed by atoms with Gasteiger partial charge in [0.25, 0.3) is 0 Å². The highest BCUT2D eigenvalue weighted by Gasteiger charge is 2.56. The van der Waals surface area contributed by atoms with Gasteiger partial charge in [0.15, 0.2) is 0 Å². The summed E-state index contributed by atoms with van der Waals surface area (Å²) in [5, 5.41) is 3.62. The Morgan fingerprint density at radius 1 is 1.19 bits per heavy atom. The van der Waals surface area contributed by atoms with Crippen LogP contribution in [0.4, 0.5) is 0 Å². The molecule has 0 aromatic heterocycles. The number of cyclic esters (lactones) is 1. The lowest BCUT2D eigenvalue weighted by Crippen LogP contribution is -2.48. The van der Waals surface area contributed by atoms with Crippen molar-refractivity contribution in [2.75, 3.05) is 6.61 Å². The molecule has 0 aliphatic carbocycles. The van der Waals surface area contributed by atoms with Crippen molar-refractivity contribution < 1.29 is 14.3 Å². The molecule has 4 rings (SSSR count). The molecule has 3 fully saturated rings. The van der Waals surface area contributed by atoms with E-state index in [9.17, 15) is 9.59 Å². The molecule has 1 N–H and O–H groups in total. The number of piperidine rings is 1. The normalized spacial score (nSPS) is 42.4. The summed E-state index contributed by atoms with van der Waals surface area (Å²) in [6.07, 6.45) is 5.19. The van der Waals surface area contributed by atoms with Gasteiger partial charge in [-0.05, 0) is 46.0 Å². The first-order valence-corrected chi connectivity index (χ1v) is 7.97. The second-order valence-electron chi connectivity index (χ2n) is 7.20. The number of esters is 1. The fraction of sp³-hybridized carbons (Fsp3) is 0.750. The maximum Gasteiger partial charge on any atom is 0.336 e. The van der Waals surface area contributed by atoms with E-state index >= 15 is 0 Å². The van der Waals surface area contributed by atoms with E-state index in [1.807, 2.05) is 4.90 Å². The molecule has 0 radical (unpaired) electrons. The van der Waals surface area contributed by atoms with Crippen LogP contribution in [0.2, 0.25) is 0 Å². The average molecular weight is 290 g/mol. The summed E-state index contributed by atoms with van der Waals surface area (Å²) in [5.41, 5.74) is 1.18. The highest BCUT2D eigenvalue weighted by molar-refractivity contribution is 5.94. The van der Waals surface area contributed by atoms with Crippen LogP contribution in [0.1, 0.15) is 46.0 Å². The van der Waals surface area contributed by atoms with Crippen molar-refractivity contribution in [3.05, 3.63) is 11.3 Å². The second kappa shape index (κ2) is 4.32. The zero-order valence-electron chi connectivity index (χ0n) is 12.6. The minimum absolute atomic E-state index is 0.162. The van der Waals surface area contributed by atoms with Gasteiger partial charge in [0, 0.05) is 18.1 Å². The SMILES string of the molecule is CC1=C(N2C(=O)[C@@]3(C[C@H]4CC[C@@H](C3)N4)C[C@@H]2C)COC1=O. The van der Waals surface area contributed by atoms with Crippen LogP contribution in [0.5, 0.6) is 0 Å². The number of carbonyl (C=O) groups excluding carboxylic acids is 2. The minimum atomic E-state index is -0.281. The number of amides is 1. The molecule has 2 bridgehead atoms. The maximum atomic E-state index is 13.1. The first kappa shape index (κ1) is 13.3. The Balaban J connectivity index is 1.67. The quantitative estimate of drug-likeness (QED) is 0.740. The van der Waals surface area contributed by atoms with Gasteiger partial charge >= 0.3 is 5.97 Å². The number of nitrogens with one attached hydrogen (secondary N) is 1. The van der Waals surface area contributed by atoms with Crippen LogP contribution in [0, 0.1) is 5.41 Å². The van der Waals surface area contributed by atoms with Crippen molar-refractivity contribution in [1.29, 1.82) is 0 Å². The Morgan fingerprint density at radius 2 is 1.86 bits per heavy atom. The van der Waals surface area contributed by atoms with Crippen LogP contribution in [0.3, 0.4) is 0 Å². The zero-order valence-corrected chi connectivity index (χ0v) is 12.6. The van der Waals surface area contributed by atoms with E-state index in [1.54, 1.807) is 6.92 Å². The molecule has 1 spiro atoms. The van der Waals surface area contributed by atoms with Gasteiger partial charge in [-0.2, -0.15) is 0 Å². The third kappa shape index (κ3) is 1.79. The van der Waals surface area contributed by atoms with Crippen molar-refractivity contribution in [1.82, 2.24) is 10.2 Å². The number of hydrogen-bond donors (Lipinski definition) is 1. The standard InChI is InChI=1S/C16H22N2O3/c1-9-5-16(6-11-3-4-12(7-16)17-11)15(20)18(9)13-8-21-14(19)10(13)2/h9,11-12,17H,3-8H2,1-2H3/t9-,11-,12+,16-/m0/s1. The zero-order chi connectivity index (χ0) is 14.8. The number of fused-ring (bicyclic) bond motifs is 2. The van der Waals surface area contributed by atoms with E-state index < -0.39 is 0 Å². The highest BCUT2D eigenvalue weighted by atomic mass is 16.5. The first-order valence-electron chi connectivity index (χ1n) is 7.97. The van der Waals surface area contributed by atoms with E-state index in [-0.39, 0.29) is 29.9 Å². The summed E-state index contributed by atoms with van der Waals surface area (Å²) >= 11 is 0. The number of hydrogen-bond acceptors (Lipinski definition) is 4. The van der Waals surface area contributed by atoms with Gasteiger partial charge in [0.2, 0.25) is 5.91 Å². The number of likely N-dealkylation sites (tertiary alicyclic amines) is 1. The van der Waals surface area contributed by atoms with Gasteiger partial charge in [-0.3, -0.25) is 4.79 Å². The smallest absolute Gasteiger partial charge is 0.336 e. The first-order chi connectivity index (χ1) is 10.00. The molecule has 4 aliphatic rings. The topological polar surface area (TPSA) is 58.6 Å². The van der Waals surface area contributed by atoms with Gasteiger partial charge in [-0.25, -0.2) is 4.79 Å². The summed E-state index contributed by atoms with van der Waals surface area (Å²) in [6, 6.07) is 1.15. The Kier molecular flexibility index (Phi) is 2.74. The molecule has 114 valence electrons. The molecule has 0 aromatic carbocycles. The third-order valence-corrected chi connectivity index (χ3v) is 5.78. The maximum absolute atomic E-state index is 13.1. The van der Waals surface area contributed by atoms with E-state index in [2.05, 4.69) is 12.2 Å². The second-order valence-corrected chi connectivity index (χ2v) is 7.20. The molecule has 4 atom stereocenters. The minimum Gasteiger partial charge on any atom is -0.456 e. The van der Waals surface area contributed by atoms with Crippen LogP contribution in [-0.2, 0) is 14.3 Å². The van der Waals surface area contributed by atoms with Crippen LogP contribution >= 0.6 is 0 Å². The predicted octanol–water partition coefficient (Wildman–Crippen LogP) is 1.34. The van der Waals surface area contributed by atoms with Gasteiger partial charge in [0.05, 0.1) is 16.7 Å². The average Bonchev–Trinajstić information content (AvgIpc) is 3.02. The van der Waals surface area contributed by atoms with Crippen molar-refractivity contribution in [3.63, 3.8) is 0 Å². The lowest BCUT2D eigenvalue weighted by atomic mass is 9.73. The van der Waals surface area contributed by atoms with E-state index in [4.69, 9.17) is 4.74 Å². The van der Waals surface area contributed by atoms with Crippen molar-refractivity contribution in [3.8, 4) is 0 Å².